The molecule has 24 heavy (non-hydrogen) atoms. The number of nitrogens with one attached hydrogen (secondary N) is 1. The van der Waals surface area contributed by atoms with E-state index in [9.17, 15) is 9.59 Å². The number of rotatable bonds is 6. The SMILES string of the molecule is Cc1ccc(OCC(=O)N/N=C\c2ccc(C(=O)O)cc2)c(C)c1. The summed E-state index contributed by atoms with van der Waals surface area (Å²) in [4.78, 5) is 22.4. The lowest BCUT2D eigenvalue weighted by molar-refractivity contribution is -0.123. The fourth-order valence-corrected chi connectivity index (χ4v) is 2.03. The van der Waals surface area contributed by atoms with Crippen LogP contribution in [-0.4, -0.2) is 29.8 Å². The van der Waals surface area contributed by atoms with Gasteiger partial charge in [-0.05, 0) is 43.2 Å². The van der Waals surface area contributed by atoms with Gasteiger partial charge in [-0.1, -0.05) is 29.8 Å². The van der Waals surface area contributed by atoms with Crippen molar-refractivity contribution in [2.45, 2.75) is 13.8 Å². The van der Waals surface area contributed by atoms with Gasteiger partial charge in [-0.3, -0.25) is 4.79 Å². The minimum Gasteiger partial charge on any atom is -0.483 e. The van der Waals surface area contributed by atoms with Crippen molar-refractivity contribution in [3.63, 3.8) is 0 Å². The lowest BCUT2D eigenvalue weighted by atomic mass is 10.1. The second-order valence-corrected chi connectivity index (χ2v) is 5.28. The van der Waals surface area contributed by atoms with Crippen molar-refractivity contribution in [2.75, 3.05) is 6.61 Å². The highest BCUT2D eigenvalue weighted by Gasteiger charge is 2.04. The maximum atomic E-state index is 11.7. The van der Waals surface area contributed by atoms with Gasteiger partial charge in [0.25, 0.3) is 5.91 Å². The number of carboxylic acid groups (broad SMARTS) is 1. The van der Waals surface area contributed by atoms with Crippen LogP contribution in [0, 0.1) is 13.8 Å². The van der Waals surface area contributed by atoms with Gasteiger partial charge in [0.15, 0.2) is 6.61 Å². The normalized spacial score (nSPS) is 10.6. The van der Waals surface area contributed by atoms with Gasteiger partial charge in [-0.15, -0.1) is 0 Å². The van der Waals surface area contributed by atoms with Crippen molar-refractivity contribution in [1.82, 2.24) is 5.43 Å². The van der Waals surface area contributed by atoms with Gasteiger partial charge in [0.05, 0.1) is 11.8 Å². The summed E-state index contributed by atoms with van der Waals surface area (Å²) in [6, 6.07) is 11.9. The lowest BCUT2D eigenvalue weighted by Crippen LogP contribution is -2.24. The third-order valence-electron chi connectivity index (χ3n) is 3.25. The predicted octanol–water partition coefficient (Wildman–Crippen LogP) is 2.53. The van der Waals surface area contributed by atoms with Crippen LogP contribution in [-0.2, 0) is 4.79 Å². The Bertz CT molecular complexity index is 767. The lowest BCUT2D eigenvalue weighted by Gasteiger charge is -2.08. The number of hydrazone groups is 1. The number of carbonyl (C=O) groups is 2. The molecule has 6 heteroatoms. The summed E-state index contributed by atoms with van der Waals surface area (Å²) in [5.41, 5.74) is 5.32. The number of hydrogen-bond acceptors (Lipinski definition) is 4. The Labute approximate surface area is 139 Å². The van der Waals surface area contributed by atoms with E-state index in [1.54, 1.807) is 12.1 Å². The zero-order valence-corrected chi connectivity index (χ0v) is 13.4. The number of amides is 1. The molecule has 2 N–H and O–H groups in total. The molecule has 0 unspecified atom stereocenters. The maximum absolute atomic E-state index is 11.7. The summed E-state index contributed by atoms with van der Waals surface area (Å²) < 4.78 is 5.45. The molecule has 2 aromatic carbocycles. The van der Waals surface area contributed by atoms with Gasteiger partial charge >= 0.3 is 5.97 Å². The molecule has 0 fully saturated rings. The van der Waals surface area contributed by atoms with Gasteiger partial charge in [0, 0.05) is 0 Å². The molecule has 2 aromatic rings. The first kappa shape index (κ1) is 17.2. The molecule has 0 saturated heterocycles. The minimum absolute atomic E-state index is 0.140. The van der Waals surface area contributed by atoms with E-state index in [2.05, 4.69) is 10.5 Å². The van der Waals surface area contributed by atoms with Crippen LogP contribution < -0.4 is 10.2 Å². The van der Waals surface area contributed by atoms with Gasteiger partial charge in [0.1, 0.15) is 5.75 Å². The van der Waals surface area contributed by atoms with Crippen molar-refractivity contribution in [3.05, 3.63) is 64.7 Å². The Morgan fingerprint density at radius 3 is 2.50 bits per heavy atom. The first-order chi connectivity index (χ1) is 11.5. The Morgan fingerprint density at radius 1 is 1.17 bits per heavy atom. The van der Waals surface area contributed by atoms with Gasteiger partial charge in [0.2, 0.25) is 0 Å². The maximum Gasteiger partial charge on any atom is 0.335 e. The number of carboxylic acids is 1. The molecule has 2 rings (SSSR count). The van der Waals surface area contributed by atoms with E-state index in [1.165, 1.54) is 18.3 Å². The number of benzene rings is 2. The topological polar surface area (TPSA) is 88.0 Å². The quantitative estimate of drug-likeness (QED) is 0.631. The number of hydrogen-bond donors (Lipinski definition) is 2. The molecule has 0 aliphatic heterocycles. The highest BCUT2D eigenvalue weighted by atomic mass is 16.5. The fourth-order valence-electron chi connectivity index (χ4n) is 2.03. The number of nitrogens with zero attached hydrogens (tertiary/aromatic N) is 1. The van der Waals surface area contributed by atoms with Crippen LogP contribution in [0.3, 0.4) is 0 Å². The summed E-state index contributed by atoms with van der Waals surface area (Å²) in [5, 5.41) is 12.6. The summed E-state index contributed by atoms with van der Waals surface area (Å²) >= 11 is 0. The Balaban J connectivity index is 1.83. The highest BCUT2D eigenvalue weighted by molar-refractivity contribution is 5.89. The molecule has 124 valence electrons. The average molecular weight is 326 g/mol. The van der Waals surface area contributed by atoms with E-state index in [0.717, 1.165) is 11.1 Å². The van der Waals surface area contributed by atoms with Crippen molar-refractivity contribution in [1.29, 1.82) is 0 Å². The molecule has 1 amide bonds. The molecular weight excluding hydrogens is 308 g/mol. The van der Waals surface area contributed by atoms with Crippen LogP contribution in [0.1, 0.15) is 27.0 Å². The standard InChI is InChI=1S/C18H18N2O4/c1-12-3-8-16(13(2)9-12)24-11-17(21)20-19-10-14-4-6-15(7-5-14)18(22)23/h3-10H,11H2,1-2H3,(H,20,21)(H,22,23)/b19-10-. The zero-order valence-electron chi connectivity index (χ0n) is 13.4. The third kappa shape index (κ3) is 4.95. The summed E-state index contributed by atoms with van der Waals surface area (Å²) in [7, 11) is 0. The number of aryl methyl sites for hydroxylation is 2. The summed E-state index contributed by atoms with van der Waals surface area (Å²) in [6.45, 7) is 3.76. The molecule has 0 aliphatic carbocycles. The van der Waals surface area contributed by atoms with Crippen LogP contribution in [0.25, 0.3) is 0 Å². The van der Waals surface area contributed by atoms with E-state index in [4.69, 9.17) is 9.84 Å². The molecule has 6 nitrogen and oxygen atoms in total. The van der Waals surface area contributed by atoms with Gasteiger partial charge in [-0.2, -0.15) is 5.10 Å². The van der Waals surface area contributed by atoms with Crippen molar-refractivity contribution < 1.29 is 19.4 Å². The molecule has 0 saturated carbocycles. The molecular formula is C18H18N2O4. The number of ether oxygens (including phenoxy) is 1. The van der Waals surface area contributed by atoms with E-state index in [1.807, 2.05) is 32.0 Å². The Morgan fingerprint density at radius 2 is 1.88 bits per heavy atom. The van der Waals surface area contributed by atoms with Crippen LogP contribution in [0.2, 0.25) is 0 Å². The van der Waals surface area contributed by atoms with E-state index in [0.29, 0.717) is 11.3 Å². The van der Waals surface area contributed by atoms with Gasteiger partial charge in [-0.25, -0.2) is 10.2 Å². The second kappa shape index (κ2) is 7.92. The smallest absolute Gasteiger partial charge is 0.335 e. The molecule has 0 aromatic heterocycles. The largest absolute Gasteiger partial charge is 0.483 e. The molecule has 0 heterocycles. The van der Waals surface area contributed by atoms with Crippen LogP contribution in [0.4, 0.5) is 0 Å². The highest BCUT2D eigenvalue weighted by Crippen LogP contribution is 2.18. The van der Waals surface area contributed by atoms with E-state index >= 15 is 0 Å². The zero-order chi connectivity index (χ0) is 17.5. The van der Waals surface area contributed by atoms with Crippen molar-refractivity contribution >= 4 is 18.1 Å². The van der Waals surface area contributed by atoms with Crippen molar-refractivity contribution in [2.24, 2.45) is 5.10 Å². The third-order valence-corrected chi connectivity index (χ3v) is 3.25. The average Bonchev–Trinajstić information content (AvgIpc) is 2.54. The second-order valence-electron chi connectivity index (χ2n) is 5.28. The van der Waals surface area contributed by atoms with Crippen LogP contribution in [0.15, 0.2) is 47.6 Å². The molecule has 0 radical (unpaired) electrons. The molecule has 0 aliphatic rings. The monoisotopic (exact) mass is 326 g/mol. The van der Waals surface area contributed by atoms with Crippen LogP contribution >= 0.6 is 0 Å². The molecule has 0 bridgehead atoms. The number of aromatic carboxylic acids is 1. The fraction of sp³-hybridized carbons (Fsp3) is 0.167. The summed E-state index contributed by atoms with van der Waals surface area (Å²) in [5.74, 6) is -0.715. The Kier molecular flexibility index (Phi) is 5.68. The van der Waals surface area contributed by atoms with Gasteiger partial charge < -0.3 is 9.84 Å². The van der Waals surface area contributed by atoms with E-state index < -0.39 is 5.97 Å². The van der Waals surface area contributed by atoms with E-state index in [-0.39, 0.29) is 18.1 Å². The molecule has 0 spiro atoms. The van der Waals surface area contributed by atoms with Crippen LogP contribution in [0.5, 0.6) is 5.75 Å². The van der Waals surface area contributed by atoms with Crippen molar-refractivity contribution in [3.8, 4) is 5.75 Å². The minimum atomic E-state index is -0.990. The predicted molar refractivity (Wildman–Crippen MR) is 90.5 cm³/mol. The Hall–Kier alpha value is -3.15. The first-order valence-corrected chi connectivity index (χ1v) is 7.31. The number of carbonyl (C=O) groups excluding carboxylic acids is 1. The first-order valence-electron chi connectivity index (χ1n) is 7.31. The molecule has 0 atom stereocenters. The summed E-state index contributed by atoms with van der Waals surface area (Å²) in [6.07, 6.45) is 1.43.